The van der Waals surface area contributed by atoms with Crippen LogP contribution in [0.1, 0.15) is 19.4 Å². The fraction of sp³-hybridized carbons (Fsp3) is 0.467. The number of hydrogen-bond acceptors (Lipinski definition) is 4. The molecule has 0 radical (unpaired) electrons. The van der Waals surface area contributed by atoms with Gasteiger partial charge in [-0.3, -0.25) is 9.36 Å². The average molecular weight is 290 g/mol. The van der Waals surface area contributed by atoms with E-state index < -0.39 is 11.8 Å². The molecular weight excluding hydrogens is 272 g/mol. The van der Waals surface area contributed by atoms with Gasteiger partial charge in [0.1, 0.15) is 6.04 Å². The van der Waals surface area contributed by atoms with Crippen LogP contribution in [0.5, 0.6) is 0 Å². The SMILES string of the molecule is CC(C(=O)NCC1CCOC1)n1c(=O)oc2ccccc21. The molecule has 0 saturated carbocycles. The van der Waals surface area contributed by atoms with Crippen LogP contribution in [-0.2, 0) is 9.53 Å². The second-order valence-electron chi connectivity index (χ2n) is 5.36. The Balaban J connectivity index is 1.76. The molecule has 1 fully saturated rings. The first-order valence-corrected chi connectivity index (χ1v) is 7.12. The summed E-state index contributed by atoms with van der Waals surface area (Å²) in [5.74, 6) is -0.336. The van der Waals surface area contributed by atoms with Gasteiger partial charge in [0.2, 0.25) is 5.91 Å². The molecule has 1 aliphatic heterocycles. The molecule has 1 amide bonds. The Morgan fingerprint density at radius 2 is 2.29 bits per heavy atom. The number of benzene rings is 1. The van der Waals surface area contributed by atoms with E-state index in [-0.39, 0.29) is 5.91 Å². The normalized spacial score (nSPS) is 19.8. The van der Waals surface area contributed by atoms with Crippen molar-refractivity contribution in [2.45, 2.75) is 19.4 Å². The summed E-state index contributed by atoms with van der Waals surface area (Å²) < 4.78 is 11.8. The third-order valence-corrected chi connectivity index (χ3v) is 3.87. The maximum atomic E-state index is 12.2. The Labute approximate surface area is 121 Å². The van der Waals surface area contributed by atoms with Crippen molar-refractivity contribution in [3.05, 3.63) is 34.8 Å². The molecular formula is C15H18N2O4. The van der Waals surface area contributed by atoms with Crippen molar-refractivity contribution in [3.8, 4) is 0 Å². The summed E-state index contributed by atoms with van der Waals surface area (Å²) >= 11 is 0. The third-order valence-electron chi connectivity index (χ3n) is 3.87. The fourth-order valence-electron chi connectivity index (χ4n) is 2.61. The van der Waals surface area contributed by atoms with E-state index in [1.54, 1.807) is 25.1 Å². The third kappa shape index (κ3) is 2.71. The maximum absolute atomic E-state index is 12.2. The molecule has 0 bridgehead atoms. The van der Waals surface area contributed by atoms with Crippen molar-refractivity contribution in [2.24, 2.45) is 5.92 Å². The Morgan fingerprint density at radius 3 is 3.05 bits per heavy atom. The fourth-order valence-corrected chi connectivity index (χ4v) is 2.61. The minimum atomic E-state index is -0.608. The van der Waals surface area contributed by atoms with Crippen molar-refractivity contribution in [1.82, 2.24) is 9.88 Å². The molecule has 6 heteroatoms. The largest absolute Gasteiger partial charge is 0.420 e. The summed E-state index contributed by atoms with van der Waals surface area (Å²) in [6.45, 7) is 3.71. The molecule has 1 N–H and O–H groups in total. The summed E-state index contributed by atoms with van der Waals surface area (Å²) in [6, 6.07) is 6.49. The van der Waals surface area contributed by atoms with Crippen LogP contribution in [0.4, 0.5) is 0 Å². The highest BCUT2D eigenvalue weighted by Crippen LogP contribution is 2.17. The van der Waals surface area contributed by atoms with Crippen molar-refractivity contribution >= 4 is 17.0 Å². The molecule has 112 valence electrons. The van der Waals surface area contributed by atoms with Gasteiger partial charge in [0.25, 0.3) is 0 Å². The van der Waals surface area contributed by atoms with E-state index in [2.05, 4.69) is 5.32 Å². The monoisotopic (exact) mass is 290 g/mol. The zero-order valence-electron chi connectivity index (χ0n) is 11.9. The minimum Gasteiger partial charge on any atom is -0.408 e. The van der Waals surface area contributed by atoms with E-state index in [1.807, 2.05) is 6.07 Å². The molecule has 3 rings (SSSR count). The van der Waals surface area contributed by atoms with Gasteiger partial charge in [-0.25, -0.2) is 4.79 Å². The van der Waals surface area contributed by atoms with Gasteiger partial charge in [0.05, 0.1) is 12.1 Å². The molecule has 0 aliphatic carbocycles. The van der Waals surface area contributed by atoms with E-state index >= 15 is 0 Å². The standard InChI is InChI=1S/C15H18N2O4/c1-10(14(18)16-8-11-6-7-20-9-11)17-12-4-2-3-5-13(12)21-15(17)19/h2-5,10-11H,6-9H2,1H3,(H,16,18). The molecule has 1 aromatic carbocycles. The number of rotatable bonds is 4. The summed E-state index contributed by atoms with van der Waals surface area (Å²) in [5.41, 5.74) is 1.13. The van der Waals surface area contributed by atoms with E-state index in [0.29, 0.717) is 30.2 Å². The molecule has 2 atom stereocenters. The summed E-state index contributed by atoms with van der Waals surface area (Å²) in [5, 5.41) is 2.88. The molecule has 1 aliphatic rings. The van der Waals surface area contributed by atoms with Gasteiger partial charge in [-0.05, 0) is 25.5 Å². The smallest absolute Gasteiger partial charge is 0.408 e. The molecule has 21 heavy (non-hydrogen) atoms. The predicted octanol–water partition coefficient (Wildman–Crippen LogP) is 1.31. The molecule has 6 nitrogen and oxygen atoms in total. The van der Waals surface area contributed by atoms with E-state index in [1.165, 1.54) is 4.57 Å². The molecule has 0 spiro atoms. The Hall–Kier alpha value is -2.08. The molecule has 2 heterocycles. The van der Waals surface area contributed by atoms with Crippen molar-refractivity contribution in [3.63, 3.8) is 0 Å². The van der Waals surface area contributed by atoms with Crippen molar-refractivity contribution < 1.29 is 13.9 Å². The van der Waals surface area contributed by atoms with Gasteiger partial charge in [0.15, 0.2) is 5.58 Å². The number of aromatic nitrogens is 1. The van der Waals surface area contributed by atoms with Crippen molar-refractivity contribution in [1.29, 1.82) is 0 Å². The first kappa shape index (κ1) is 13.9. The highest BCUT2D eigenvalue weighted by Gasteiger charge is 2.23. The average Bonchev–Trinajstić information content (AvgIpc) is 3.10. The minimum absolute atomic E-state index is 0.185. The van der Waals surface area contributed by atoms with Gasteiger partial charge >= 0.3 is 5.76 Å². The van der Waals surface area contributed by atoms with Crippen LogP contribution in [0.15, 0.2) is 33.5 Å². The van der Waals surface area contributed by atoms with Crippen LogP contribution in [0.3, 0.4) is 0 Å². The Kier molecular flexibility index (Phi) is 3.79. The van der Waals surface area contributed by atoms with E-state index in [9.17, 15) is 9.59 Å². The number of carbonyl (C=O) groups excluding carboxylic acids is 1. The lowest BCUT2D eigenvalue weighted by Crippen LogP contribution is -2.37. The number of nitrogens with zero attached hydrogens (tertiary/aromatic N) is 1. The second-order valence-corrected chi connectivity index (χ2v) is 5.36. The van der Waals surface area contributed by atoms with Gasteiger partial charge in [0, 0.05) is 19.1 Å². The lowest BCUT2D eigenvalue weighted by Gasteiger charge is -2.15. The van der Waals surface area contributed by atoms with Gasteiger partial charge in [-0.15, -0.1) is 0 Å². The number of para-hydroxylation sites is 2. The van der Waals surface area contributed by atoms with Gasteiger partial charge in [-0.1, -0.05) is 12.1 Å². The number of fused-ring (bicyclic) bond motifs is 1. The molecule has 1 saturated heterocycles. The Bertz CT molecular complexity index is 697. The first-order chi connectivity index (χ1) is 10.2. The van der Waals surface area contributed by atoms with Crippen LogP contribution >= 0.6 is 0 Å². The predicted molar refractivity (Wildman–Crippen MR) is 77.1 cm³/mol. The van der Waals surface area contributed by atoms with E-state index in [4.69, 9.17) is 9.15 Å². The van der Waals surface area contributed by atoms with Gasteiger partial charge < -0.3 is 14.5 Å². The zero-order chi connectivity index (χ0) is 14.8. The highest BCUT2D eigenvalue weighted by atomic mass is 16.5. The lowest BCUT2D eigenvalue weighted by molar-refractivity contribution is -0.124. The first-order valence-electron chi connectivity index (χ1n) is 7.12. The summed E-state index contributed by atoms with van der Waals surface area (Å²) in [7, 11) is 0. The van der Waals surface area contributed by atoms with Gasteiger partial charge in [-0.2, -0.15) is 0 Å². The van der Waals surface area contributed by atoms with Crippen LogP contribution < -0.4 is 11.1 Å². The van der Waals surface area contributed by atoms with Crippen LogP contribution in [-0.4, -0.2) is 30.2 Å². The highest BCUT2D eigenvalue weighted by molar-refractivity contribution is 5.82. The van der Waals surface area contributed by atoms with Crippen molar-refractivity contribution in [2.75, 3.05) is 19.8 Å². The number of amides is 1. The van der Waals surface area contributed by atoms with Crippen LogP contribution in [0.2, 0.25) is 0 Å². The number of carbonyl (C=O) groups is 1. The molecule has 2 aromatic rings. The second kappa shape index (κ2) is 5.73. The molecule has 1 aromatic heterocycles. The Morgan fingerprint density at radius 1 is 1.48 bits per heavy atom. The van der Waals surface area contributed by atoms with Crippen LogP contribution in [0, 0.1) is 5.92 Å². The van der Waals surface area contributed by atoms with E-state index in [0.717, 1.165) is 13.0 Å². The number of ether oxygens (including phenoxy) is 1. The lowest BCUT2D eigenvalue weighted by atomic mass is 10.1. The number of oxazole rings is 1. The van der Waals surface area contributed by atoms with Crippen LogP contribution in [0.25, 0.3) is 11.1 Å². The summed E-state index contributed by atoms with van der Waals surface area (Å²) in [6.07, 6.45) is 0.962. The summed E-state index contributed by atoms with van der Waals surface area (Å²) in [4.78, 5) is 24.2. The number of nitrogens with one attached hydrogen (secondary N) is 1. The topological polar surface area (TPSA) is 73.5 Å². The maximum Gasteiger partial charge on any atom is 0.420 e. The number of hydrogen-bond donors (Lipinski definition) is 1. The zero-order valence-corrected chi connectivity index (χ0v) is 11.9. The molecule has 2 unspecified atom stereocenters. The quantitative estimate of drug-likeness (QED) is 0.921.